The molecule has 0 saturated heterocycles. The minimum Gasteiger partial charge on any atom is -1.00 e. The number of fused-ring (bicyclic) bond motifs is 2. The van der Waals surface area contributed by atoms with Crippen LogP contribution in [0.15, 0.2) is 96.6 Å². The second-order valence-electron chi connectivity index (χ2n) is 13.8. The molecule has 3 heteroatoms. The first-order chi connectivity index (χ1) is 19.5. The molecule has 2 unspecified atom stereocenters. The van der Waals surface area contributed by atoms with Crippen molar-refractivity contribution in [2.75, 3.05) is 0 Å². The summed E-state index contributed by atoms with van der Waals surface area (Å²) in [7, 11) is 0. The van der Waals surface area contributed by atoms with Gasteiger partial charge >= 0.3 is 261 Å². The van der Waals surface area contributed by atoms with E-state index < -0.39 is 23.2 Å². The van der Waals surface area contributed by atoms with Gasteiger partial charge in [0.15, 0.2) is 0 Å². The molecule has 0 aromatic heterocycles. The second-order valence-corrected chi connectivity index (χ2v) is 17.5. The molecule has 0 fully saturated rings. The molecule has 2 atom stereocenters. The molecular formula is C40H42Cl2Zr. The second kappa shape index (κ2) is 13.0. The van der Waals surface area contributed by atoms with Crippen LogP contribution in [0.25, 0.3) is 34.4 Å². The third-order valence-corrected chi connectivity index (χ3v) is 13.6. The van der Waals surface area contributed by atoms with Gasteiger partial charge in [0.25, 0.3) is 0 Å². The Kier molecular flexibility index (Phi) is 10.2. The Balaban J connectivity index is 0.00000212. The monoisotopic (exact) mass is 682 g/mol. The Bertz CT molecular complexity index is 1650. The molecule has 0 saturated carbocycles. The van der Waals surface area contributed by atoms with Crippen molar-refractivity contribution in [1.82, 2.24) is 0 Å². The fraction of sp³-hybridized carbons (Fsp3) is 0.300. The van der Waals surface area contributed by atoms with Crippen LogP contribution in [0.5, 0.6) is 0 Å². The summed E-state index contributed by atoms with van der Waals surface area (Å²) in [4.78, 5) is 0. The molecular weight excluding hydrogens is 643 g/mol. The molecule has 0 nitrogen and oxygen atoms in total. The van der Waals surface area contributed by atoms with E-state index >= 15 is 0 Å². The molecule has 2 aliphatic carbocycles. The van der Waals surface area contributed by atoms with Crippen LogP contribution in [0, 0.1) is 0 Å². The van der Waals surface area contributed by atoms with E-state index in [1.165, 1.54) is 44.5 Å². The topological polar surface area (TPSA) is 0 Å². The Labute approximate surface area is 283 Å². The first-order valence-electron chi connectivity index (χ1n) is 15.2. The van der Waals surface area contributed by atoms with Crippen molar-refractivity contribution < 1.29 is 48.0 Å². The normalized spacial score (nSPS) is 16.9. The van der Waals surface area contributed by atoms with Crippen molar-refractivity contribution in [2.45, 2.75) is 73.0 Å². The van der Waals surface area contributed by atoms with Crippen molar-refractivity contribution in [3.05, 3.63) is 130 Å². The van der Waals surface area contributed by atoms with Crippen LogP contribution < -0.4 is 24.8 Å². The minimum atomic E-state index is -0.873. The average molecular weight is 685 g/mol. The number of halogens is 2. The van der Waals surface area contributed by atoms with Gasteiger partial charge in [0.1, 0.15) is 0 Å². The molecule has 43 heavy (non-hydrogen) atoms. The summed E-state index contributed by atoms with van der Waals surface area (Å²) in [6.07, 6.45) is 8.63. The summed E-state index contributed by atoms with van der Waals surface area (Å²) in [6, 6.07) is 32.6. The zero-order chi connectivity index (χ0) is 28.9. The zero-order valence-electron chi connectivity index (χ0n) is 26.4. The predicted octanol–water partition coefficient (Wildman–Crippen LogP) is 5.32. The molecule has 0 spiro atoms. The van der Waals surface area contributed by atoms with Gasteiger partial charge in [0, 0.05) is 0 Å². The molecule has 4 aromatic carbocycles. The number of benzene rings is 4. The van der Waals surface area contributed by atoms with Gasteiger partial charge in [-0.05, 0) is 0 Å². The van der Waals surface area contributed by atoms with E-state index in [1.54, 1.807) is 16.7 Å². The van der Waals surface area contributed by atoms with Crippen molar-refractivity contribution in [1.29, 1.82) is 0 Å². The minimum absolute atomic E-state index is 0. The Morgan fingerprint density at radius 3 is 1.58 bits per heavy atom. The number of hydrogen-bond donors (Lipinski definition) is 0. The Hall–Kier alpha value is -2.18. The van der Waals surface area contributed by atoms with E-state index in [0.717, 1.165) is 6.42 Å². The predicted molar refractivity (Wildman–Crippen MR) is 174 cm³/mol. The van der Waals surface area contributed by atoms with E-state index in [2.05, 4.69) is 152 Å². The average Bonchev–Trinajstić information content (AvgIpc) is 3.53. The summed E-state index contributed by atoms with van der Waals surface area (Å²) in [5.74, 6) is 0. The van der Waals surface area contributed by atoms with Crippen molar-refractivity contribution in [3.63, 3.8) is 0 Å². The van der Waals surface area contributed by atoms with Gasteiger partial charge in [0.2, 0.25) is 0 Å². The fourth-order valence-electron chi connectivity index (χ4n) is 6.43. The molecule has 2 aliphatic rings. The Morgan fingerprint density at radius 2 is 1.09 bits per heavy atom. The fourth-order valence-corrected chi connectivity index (χ4v) is 11.2. The maximum atomic E-state index is 2.54. The van der Waals surface area contributed by atoms with Crippen LogP contribution >= 0.6 is 0 Å². The SMILES string of the molecule is CCC1=Cc2c(-c3ccc(C(C)(C)C)cc3)cccc2[CH]1[Zr+2][CH]1C=Cc2c(-c3ccc(C(C)(C)C)cc3)cccc21.[Cl-].[Cl-]. The molecule has 0 N–H and O–H groups in total. The molecule has 4 aromatic rings. The van der Waals surface area contributed by atoms with Crippen LogP contribution in [0.4, 0.5) is 0 Å². The van der Waals surface area contributed by atoms with Gasteiger partial charge in [0.05, 0.1) is 0 Å². The molecule has 0 aliphatic heterocycles. The van der Waals surface area contributed by atoms with E-state index in [9.17, 15) is 0 Å². The standard InChI is InChI=1S/C21H23.C19H19.2ClH.Zr/c1-5-15-13-17-7-6-8-19(20(17)14-15)16-9-11-18(12-10-16)21(2,3)4;1-19(2,3)16-12-10-15(11-13-16)18-9-5-7-14-6-4-8-17(14)18;;;/h6-14H,5H2,1-4H3;4-13H,1-3H3;2*1H;/q;;;;+2/p-2. The van der Waals surface area contributed by atoms with E-state index in [4.69, 9.17) is 0 Å². The molecule has 220 valence electrons. The van der Waals surface area contributed by atoms with Crippen molar-refractivity contribution >= 4 is 12.2 Å². The molecule has 0 bridgehead atoms. The van der Waals surface area contributed by atoms with Gasteiger partial charge in [-0.3, -0.25) is 0 Å². The first-order valence-corrected chi connectivity index (χ1v) is 18.0. The summed E-state index contributed by atoms with van der Waals surface area (Å²) in [5, 5.41) is 0. The third kappa shape index (κ3) is 6.61. The number of allylic oxidation sites excluding steroid dienone is 2. The molecule has 6 rings (SSSR count). The zero-order valence-corrected chi connectivity index (χ0v) is 30.4. The molecule has 0 amide bonds. The summed E-state index contributed by atoms with van der Waals surface area (Å²) in [5.41, 5.74) is 16.2. The van der Waals surface area contributed by atoms with Gasteiger partial charge in [-0.1, -0.05) is 0 Å². The number of hydrogen-bond acceptors (Lipinski definition) is 0. The third-order valence-electron chi connectivity index (χ3n) is 8.96. The first kappa shape index (κ1) is 33.7. The summed E-state index contributed by atoms with van der Waals surface area (Å²) in [6.45, 7) is 16.1. The van der Waals surface area contributed by atoms with Gasteiger partial charge < -0.3 is 24.8 Å². The molecule has 0 radical (unpaired) electrons. The van der Waals surface area contributed by atoms with E-state index in [1.807, 2.05) is 0 Å². The molecule has 0 heterocycles. The van der Waals surface area contributed by atoms with Crippen LogP contribution in [-0.2, 0) is 34.1 Å². The van der Waals surface area contributed by atoms with Crippen LogP contribution in [0.3, 0.4) is 0 Å². The van der Waals surface area contributed by atoms with E-state index in [-0.39, 0.29) is 35.6 Å². The van der Waals surface area contributed by atoms with Crippen molar-refractivity contribution in [3.8, 4) is 22.3 Å². The smallest absolute Gasteiger partial charge is 1.00 e. The van der Waals surface area contributed by atoms with E-state index in [0.29, 0.717) is 7.25 Å². The van der Waals surface area contributed by atoms with Crippen molar-refractivity contribution in [2.24, 2.45) is 0 Å². The summed E-state index contributed by atoms with van der Waals surface area (Å²) >= 11 is -0.873. The number of rotatable bonds is 5. The van der Waals surface area contributed by atoms with Gasteiger partial charge in [-0.25, -0.2) is 0 Å². The quantitative estimate of drug-likeness (QED) is 0.267. The van der Waals surface area contributed by atoms with Crippen LogP contribution in [0.1, 0.15) is 95.5 Å². The van der Waals surface area contributed by atoms with Crippen LogP contribution in [0.2, 0.25) is 0 Å². The largest absolute Gasteiger partial charge is 1.00 e. The van der Waals surface area contributed by atoms with Gasteiger partial charge in [-0.15, -0.1) is 0 Å². The Morgan fingerprint density at radius 1 is 0.605 bits per heavy atom. The van der Waals surface area contributed by atoms with Crippen LogP contribution in [-0.4, -0.2) is 0 Å². The van der Waals surface area contributed by atoms with Gasteiger partial charge in [-0.2, -0.15) is 0 Å². The maximum Gasteiger partial charge on any atom is -1.00 e. The maximum absolute atomic E-state index is 2.54. The summed E-state index contributed by atoms with van der Waals surface area (Å²) < 4.78 is 1.23.